The normalized spacial score (nSPS) is 9.55. The summed E-state index contributed by atoms with van der Waals surface area (Å²) in [6, 6.07) is 10.6. The molecule has 0 fully saturated rings. The molecule has 8 heteroatoms. The van der Waals surface area contributed by atoms with Crippen LogP contribution in [-0.2, 0) is 0 Å². The fourth-order valence-electron chi connectivity index (χ4n) is 1.42. The number of carbonyl (C=O) groups excluding carboxylic acids is 1. The number of nitrogens with one attached hydrogen (secondary N) is 1. The van der Waals surface area contributed by atoms with Crippen LogP contribution in [0.5, 0.6) is 0 Å². The van der Waals surface area contributed by atoms with Crippen LogP contribution in [0.3, 0.4) is 0 Å². The zero-order valence-corrected chi connectivity index (χ0v) is 13.9. The average Bonchev–Trinajstić information content (AvgIpc) is 2.50. The molecular weight excluding hydrogens is 375 g/mol. The van der Waals surface area contributed by atoms with Crippen LogP contribution in [0.2, 0.25) is 5.02 Å². The molecule has 0 aliphatic rings. The van der Waals surface area contributed by atoms with Crippen LogP contribution in [0.4, 0.5) is 4.39 Å². The van der Waals surface area contributed by atoms with E-state index in [0.717, 1.165) is 0 Å². The molecule has 0 saturated heterocycles. The summed E-state index contributed by atoms with van der Waals surface area (Å²) in [7, 11) is 0.0970. The van der Waals surface area contributed by atoms with Crippen molar-refractivity contribution in [3.8, 4) is 0 Å². The number of hydrogen-bond donors (Lipinski definition) is 3. The lowest BCUT2D eigenvalue weighted by Gasteiger charge is -1.99. The van der Waals surface area contributed by atoms with Crippen molar-refractivity contribution in [2.75, 3.05) is 7.05 Å². The third-order valence-corrected chi connectivity index (χ3v) is 3.47. The van der Waals surface area contributed by atoms with E-state index in [1.165, 1.54) is 19.2 Å². The Morgan fingerprint density at radius 2 is 1.82 bits per heavy atom. The molecule has 2 aromatic rings. The Balaban J connectivity index is 0.000000224. The molecule has 0 radical (unpaired) electrons. The van der Waals surface area contributed by atoms with E-state index < -0.39 is 12.9 Å². The van der Waals surface area contributed by atoms with Crippen LogP contribution in [0.15, 0.2) is 46.9 Å². The molecule has 2 rings (SSSR count). The fraction of sp³-hybridized carbons (Fsp3) is 0.0714. The maximum absolute atomic E-state index is 12.8. The molecule has 0 aliphatic carbocycles. The van der Waals surface area contributed by atoms with Gasteiger partial charge in [-0.25, -0.2) is 4.39 Å². The van der Waals surface area contributed by atoms with Gasteiger partial charge in [0.2, 0.25) is 0 Å². The minimum absolute atomic E-state index is 0.290. The number of rotatable bonds is 2. The second-order valence-corrected chi connectivity index (χ2v) is 5.42. The number of carbonyl (C=O) groups is 1. The Morgan fingerprint density at radius 3 is 2.27 bits per heavy atom. The molecule has 0 saturated carbocycles. The van der Waals surface area contributed by atoms with E-state index in [0.29, 0.717) is 20.5 Å². The molecule has 3 N–H and O–H groups in total. The molecule has 0 bridgehead atoms. The molecule has 0 aromatic heterocycles. The van der Waals surface area contributed by atoms with Crippen molar-refractivity contribution < 1.29 is 19.2 Å². The minimum Gasteiger partial charge on any atom is -0.423 e. The van der Waals surface area contributed by atoms with E-state index in [2.05, 4.69) is 21.2 Å². The molecule has 1 amide bonds. The lowest BCUT2D eigenvalue weighted by molar-refractivity contribution is 0.0962. The fourth-order valence-corrected chi connectivity index (χ4v) is 1.79. The second-order valence-electron chi connectivity index (χ2n) is 4.13. The van der Waals surface area contributed by atoms with Crippen molar-refractivity contribution in [3.05, 3.63) is 63.3 Å². The van der Waals surface area contributed by atoms with Crippen molar-refractivity contribution >= 4 is 46.0 Å². The highest BCUT2D eigenvalue weighted by Gasteiger charge is 2.08. The maximum Gasteiger partial charge on any atom is 0.488 e. The van der Waals surface area contributed by atoms with E-state index in [9.17, 15) is 9.18 Å². The molecule has 4 nitrogen and oxygen atoms in total. The summed E-state index contributed by atoms with van der Waals surface area (Å²) < 4.78 is 13.2. The SMILES string of the molecule is CNC(=O)c1ccc(Br)c(F)c1.OB(O)c1ccc(Cl)cc1. The highest BCUT2D eigenvalue weighted by Crippen LogP contribution is 2.16. The van der Waals surface area contributed by atoms with Crippen molar-refractivity contribution in [2.45, 2.75) is 0 Å². The van der Waals surface area contributed by atoms with Crippen molar-refractivity contribution in [3.63, 3.8) is 0 Å². The van der Waals surface area contributed by atoms with Gasteiger partial charge in [0.15, 0.2) is 0 Å². The number of benzene rings is 2. The quantitative estimate of drug-likeness (QED) is 0.689. The summed E-state index contributed by atoms with van der Waals surface area (Å²) >= 11 is 8.55. The minimum atomic E-state index is -1.41. The van der Waals surface area contributed by atoms with E-state index in [1.54, 1.807) is 30.3 Å². The lowest BCUT2D eigenvalue weighted by Crippen LogP contribution is -2.29. The van der Waals surface area contributed by atoms with Crippen molar-refractivity contribution in [2.24, 2.45) is 0 Å². The van der Waals surface area contributed by atoms with E-state index in [-0.39, 0.29) is 5.91 Å². The molecule has 2 aromatic carbocycles. The summed E-state index contributed by atoms with van der Waals surface area (Å²) in [6.07, 6.45) is 0. The maximum atomic E-state index is 12.8. The van der Waals surface area contributed by atoms with Crippen LogP contribution in [-0.4, -0.2) is 30.1 Å². The summed E-state index contributed by atoms with van der Waals surface area (Å²) in [5.74, 6) is -0.725. The predicted octanol–water partition coefficient (Wildman–Crippen LogP) is 1.97. The van der Waals surface area contributed by atoms with Crippen LogP contribution in [0.25, 0.3) is 0 Å². The number of amides is 1. The summed E-state index contributed by atoms with van der Waals surface area (Å²) in [5, 5.41) is 20.2. The van der Waals surface area contributed by atoms with Crippen LogP contribution in [0.1, 0.15) is 10.4 Å². The van der Waals surface area contributed by atoms with Gasteiger partial charge in [-0.15, -0.1) is 0 Å². The molecule has 0 heterocycles. The molecule has 0 spiro atoms. The molecular formula is C14H13BBrClFNO3. The first-order valence-corrected chi connectivity index (χ1v) is 7.31. The van der Waals surface area contributed by atoms with Gasteiger partial charge in [-0.05, 0) is 51.7 Å². The van der Waals surface area contributed by atoms with Gasteiger partial charge >= 0.3 is 7.12 Å². The smallest absolute Gasteiger partial charge is 0.423 e. The monoisotopic (exact) mass is 387 g/mol. The molecule has 22 heavy (non-hydrogen) atoms. The lowest BCUT2D eigenvalue weighted by atomic mass is 9.81. The largest absolute Gasteiger partial charge is 0.488 e. The molecule has 0 unspecified atom stereocenters. The van der Waals surface area contributed by atoms with E-state index in [4.69, 9.17) is 21.6 Å². The van der Waals surface area contributed by atoms with Gasteiger partial charge in [0.25, 0.3) is 5.91 Å². The Hall–Kier alpha value is -1.41. The van der Waals surface area contributed by atoms with E-state index >= 15 is 0 Å². The summed E-state index contributed by atoms with van der Waals surface area (Å²) in [5.41, 5.74) is 0.766. The van der Waals surface area contributed by atoms with Gasteiger partial charge in [-0.3, -0.25) is 4.79 Å². The molecule has 0 atom stereocenters. The zero-order valence-electron chi connectivity index (χ0n) is 11.6. The van der Waals surface area contributed by atoms with Crippen LogP contribution < -0.4 is 10.8 Å². The molecule has 0 aliphatic heterocycles. The van der Waals surface area contributed by atoms with Gasteiger partial charge in [0, 0.05) is 17.6 Å². The highest BCUT2D eigenvalue weighted by atomic mass is 79.9. The van der Waals surface area contributed by atoms with Gasteiger partial charge < -0.3 is 15.4 Å². The second kappa shape index (κ2) is 8.90. The number of hydrogen-bond acceptors (Lipinski definition) is 3. The number of halogens is 3. The first kappa shape index (κ1) is 18.6. The highest BCUT2D eigenvalue weighted by molar-refractivity contribution is 9.10. The third kappa shape index (κ3) is 5.77. The topological polar surface area (TPSA) is 69.6 Å². The van der Waals surface area contributed by atoms with Gasteiger partial charge in [0.05, 0.1) is 4.47 Å². The van der Waals surface area contributed by atoms with Crippen LogP contribution >= 0.6 is 27.5 Å². The molecule has 116 valence electrons. The zero-order chi connectivity index (χ0) is 16.7. The Bertz CT molecular complexity index is 640. The predicted molar refractivity (Wildman–Crippen MR) is 88.8 cm³/mol. The van der Waals surface area contributed by atoms with Crippen LogP contribution in [0, 0.1) is 5.82 Å². The summed E-state index contributed by atoms with van der Waals surface area (Å²) in [6.45, 7) is 0. The first-order valence-electron chi connectivity index (χ1n) is 6.14. The Kier molecular flexibility index (Phi) is 7.54. The van der Waals surface area contributed by atoms with E-state index in [1.807, 2.05) is 0 Å². The van der Waals surface area contributed by atoms with Crippen molar-refractivity contribution in [1.29, 1.82) is 0 Å². The standard InChI is InChI=1S/C8H7BrFNO.C6H6BClO2/c1-11-8(12)5-2-3-6(9)7(10)4-5;8-6-3-1-5(2-4-6)7(9)10/h2-4H,1H3,(H,11,12);1-4,9-10H. The summed E-state index contributed by atoms with van der Waals surface area (Å²) in [4.78, 5) is 11.0. The average molecular weight is 388 g/mol. The van der Waals surface area contributed by atoms with Gasteiger partial charge in [0.1, 0.15) is 5.82 Å². The van der Waals surface area contributed by atoms with Crippen molar-refractivity contribution in [1.82, 2.24) is 5.32 Å². The first-order chi connectivity index (χ1) is 10.3. The third-order valence-electron chi connectivity index (χ3n) is 2.58. The van der Waals surface area contributed by atoms with Gasteiger partial charge in [-0.1, -0.05) is 23.7 Å². The Morgan fingerprint density at radius 1 is 1.23 bits per heavy atom. The Labute approximate surface area is 141 Å². The van der Waals surface area contributed by atoms with Gasteiger partial charge in [-0.2, -0.15) is 0 Å².